The molecule has 2 rings (SSSR count). The SMILES string of the molecule is CC(C)Cc1ccc(O)c([Te]c2ccccc2)c1. The molecule has 0 aliphatic rings. The molecule has 0 aliphatic carbocycles. The van der Waals surface area contributed by atoms with Crippen LogP contribution in [0.1, 0.15) is 19.4 Å². The molecule has 0 amide bonds. The van der Waals surface area contributed by atoms with Crippen molar-refractivity contribution in [3.8, 4) is 5.75 Å². The molecule has 0 bridgehead atoms. The van der Waals surface area contributed by atoms with Crippen LogP contribution in [-0.4, -0.2) is 26.0 Å². The summed E-state index contributed by atoms with van der Waals surface area (Å²) in [5, 5.41) is 9.96. The van der Waals surface area contributed by atoms with Crippen molar-refractivity contribution >= 4 is 28.1 Å². The molecule has 0 aliphatic heterocycles. The number of benzene rings is 2. The van der Waals surface area contributed by atoms with Crippen molar-refractivity contribution in [2.75, 3.05) is 0 Å². The minimum absolute atomic E-state index is 0.453. The summed E-state index contributed by atoms with van der Waals surface area (Å²) in [6, 6.07) is 16.5. The number of hydrogen-bond donors (Lipinski definition) is 1. The van der Waals surface area contributed by atoms with Crippen LogP contribution in [0.15, 0.2) is 48.5 Å². The van der Waals surface area contributed by atoms with Crippen molar-refractivity contribution in [3.63, 3.8) is 0 Å². The first-order valence-corrected chi connectivity index (χ1v) is 8.53. The molecule has 0 radical (unpaired) electrons. The summed E-state index contributed by atoms with van der Waals surface area (Å²) in [6.07, 6.45) is 1.08. The predicted molar refractivity (Wildman–Crippen MR) is 78.1 cm³/mol. The Morgan fingerprint density at radius 1 is 1.06 bits per heavy atom. The molecular formula is C16H18OTe. The molecule has 0 atom stereocenters. The van der Waals surface area contributed by atoms with Gasteiger partial charge in [-0.1, -0.05) is 0 Å². The van der Waals surface area contributed by atoms with Crippen LogP contribution in [0, 0.1) is 5.92 Å². The van der Waals surface area contributed by atoms with Gasteiger partial charge in [-0.05, 0) is 0 Å². The van der Waals surface area contributed by atoms with Gasteiger partial charge in [0.15, 0.2) is 0 Å². The third-order valence-corrected chi connectivity index (χ3v) is 5.65. The molecule has 0 spiro atoms. The van der Waals surface area contributed by atoms with Gasteiger partial charge >= 0.3 is 119 Å². The first-order valence-electron chi connectivity index (χ1n) is 6.20. The maximum absolute atomic E-state index is 9.96. The number of aromatic hydroxyl groups is 1. The summed E-state index contributed by atoms with van der Waals surface area (Å²) in [5.41, 5.74) is 1.33. The van der Waals surface area contributed by atoms with Gasteiger partial charge in [0.2, 0.25) is 0 Å². The van der Waals surface area contributed by atoms with E-state index in [1.807, 2.05) is 18.2 Å². The van der Waals surface area contributed by atoms with Gasteiger partial charge in [-0.2, -0.15) is 0 Å². The normalized spacial score (nSPS) is 10.8. The summed E-state index contributed by atoms with van der Waals surface area (Å²) < 4.78 is 2.50. The van der Waals surface area contributed by atoms with Gasteiger partial charge in [0.25, 0.3) is 0 Å². The maximum atomic E-state index is 9.96. The molecule has 2 aromatic carbocycles. The van der Waals surface area contributed by atoms with Crippen molar-refractivity contribution < 1.29 is 5.11 Å². The Labute approximate surface area is 119 Å². The molecule has 1 nitrogen and oxygen atoms in total. The Kier molecular flexibility index (Phi) is 4.69. The van der Waals surface area contributed by atoms with Gasteiger partial charge in [-0.15, -0.1) is 0 Å². The molecule has 0 heterocycles. The van der Waals surface area contributed by atoms with E-state index in [0.29, 0.717) is 11.7 Å². The monoisotopic (exact) mass is 356 g/mol. The molecule has 1 N–H and O–H groups in total. The van der Waals surface area contributed by atoms with E-state index in [0.717, 1.165) is 10.0 Å². The second kappa shape index (κ2) is 6.27. The third-order valence-electron chi connectivity index (χ3n) is 2.64. The summed E-state index contributed by atoms with van der Waals surface area (Å²) in [7, 11) is 0. The van der Waals surface area contributed by atoms with E-state index in [4.69, 9.17) is 0 Å². The molecule has 0 aromatic heterocycles. The summed E-state index contributed by atoms with van der Waals surface area (Å²) >= 11 is -0.481. The Balaban J connectivity index is 2.21. The zero-order valence-corrected chi connectivity index (χ0v) is 13.1. The first-order chi connectivity index (χ1) is 8.65. The summed E-state index contributed by atoms with van der Waals surface area (Å²) in [4.78, 5) is 0. The second-order valence-electron chi connectivity index (χ2n) is 4.82. The van der Waals surface area contributed by atoms with E-state index < -0.39 is 20.9 Å². The van der Waals surface area contributed by atoms with Gasteiger partial charge in [-0.25, -0.2) is 0 Å². The zero-order chi connectivity index (χ0) is 13.0. The van der Waals surface area contributed by atoms with E-state index in [9.17, 15) is 5.11 Å². The Morgan fingerprint density at radius 2 is 1.78 bits per heavy atom. The van der Waals surface area contributed by atoms with Gasteiger partial charge in [0.05, 0.1) is 0 Å². The third kappa shape index (κ3) is 3.77. The summed E-state index contributed by atoms with van der Waals surface area (Å²) in [5.74, 6) is 1.11. The van der Waals surface area contributed by atoms with E-state index in [1.165, 1.54) is 9.17 Å². The molecular weight excluding hydrogens is 336 g/mol. The number of phenolic OH excluding ortho intramolecular Hbond substituents is 1. The van der Waals surface area contributed by atoms with Crippen LogP contribution < -0.4 is 7.22 Å². The van der Waals surface area contributed by atoms with Crippen LogP contribution >= 0.6 is 0 Å². The van der Waals surface area contributed by atoms with E-state index in [1.54, 1.807) is 0 Å². The Bertz CT molecular complexity index is 506. The van der Waals surface area contributed by atoms with Crippen LogP contribution in [-0.2, 0) is 6.42 Å². The van der Waals surface area contributed by atoms with E-state index >= 15 is 0 Å². The standard InChI is InChI=1S/C16H18OTe/c1-12(2)10-13-8-9-15(17)16(11-13)18-14-6-4-3-5-7-14/h3-9,11-12,17H,10H2,1-2H3. The molecule has 2 heteroatoms. The molecule has 0 saturated heterocycles. The predicted octanol–water partition coefficient (Wildman–Crippen LogP) is 2.25. The Morgan fingerprint density at radius 3 is 2.44 bits per heavy atom. The quantitative estimate of drug-likeness (QED) is 0.836. The van der Waals surface area contributed by atoms with E-state index in [2.05, 4.69) is 44.2 Å². The molecule has 2 aromatic rings. The Hall–Kier alpha value is -0.970. The van der Waals surface area contributed by atoms with Crippen molar-refractivity contribution in [3.05, 3.63) is 54.1 Å². The minimum atomic E-state index is -0.481. The average Bonchev–Trinajstić information content (AvgIpc) is 2.34. The van der Waals surface area contributed by atoms with Gasteiger partial charge in [0, 0.05) is 0 Å². The molecule has 0 unspecified atom stereocenters. The molecule has 0 fully saturated rings. The van der Waals surface area contributed by atoms with Gasteiger partial charge < -0.3 is 0 Å². The fourth-order valence-electron chi connectivity index (χ4n) is 1.85. The molecule has 18 heavy (non-hydrogen) atoms. The van der Waals surface area contributed by atoms with Crippen molar-refractivity contribution in [2.45, 2.75) is 20.3 Å². The van der Waals surface area contributed by atoms with Gasteiger partial charge in [-0.3, -0.25) is 0 Å². The molecule has 94 valence electrons. The van der Waals surface area contributed by atoms with Crippen molar-refractivity contribution in [2.24, 2.45) is 5.92 Å². The number of rotatable bonds is 4. The fraction of sp³-hybridized carbons (Fsp3) is 0.250. The second-order valence-corrected chi connectivity index (χ2v) is 8.00. The topological polar surface area (TPSA) is 20.2 Å². The van der Waals surface area contributed by atoms with Crippen LogP contribution in [0.5, 0.6) is 5.75 Å². The van der Waals surface area contributed by atoms with Crippen molar-refractivity contribution in [1.29, 1.82) is 0 Å². The number of hydrogen-bond acceptors (Lipinski definition) is 1. The molecule has 0 saturated carbocycles. The first kappa shape index (κ1) is 13.5. The van der Waals surface area contributed by atoms with E-state index in [-0.39, 0.29) is 0 Å². The van der Waals surface area contributed by atoms with Crippen LogP contribution in [0.4, 0.5) is 0 Å². The summed E-state index contributed by atoms with van der Waals surface area (Å²) in [6.45, 7) is 4.45. The fourth-order valence-corrected chi connectivity index (χ4v) is 4.51. The van der Waals surface area contributed by atoms with Crippen LogP contribution in [0.25, 0.3) is 0 Å². The van der Waals surface area contributed by atoms with Crippen LogP contribution in [0.2, 0.25) is 0 Å². The number of phenols is 1. The average molecular weight is 354 g/mol. The van der Waals surface area contributed by atoms with Crippen molar-refractivity contribution in [1.82, 2.24) is 0 Å². The zero-order valence-electron chi connectivity index (χ0n) is 10.8. The van der Waals surface area contributed by atoms with Crippen LogP contribution in [0.3, 0.4) is 0 Å². The van der Waals surface area contributed by atoms with Gasteiger partial charge in [0.1, 0.15) is 0 Å².